The summed E-state index contributed by atoms with van der Waals surface area (Å²) in [4.78, 5) is 0. The van der Waals surface area contributed by atoms with Crippen LogP contribution >= 0.6 is 0 Å². The second kappa shape index (κ2) is 14.7. The third-order valence-corrected chi connectivity index (χ3v) is 13.5. The molecule has 4 nitrogen and oxygen atoms in total. The lowest BCUT2D eigenvalue weighted by atomic mass is 9.89. The smallest absolute Gasteiger partial charge is 0.226 e. The largest absolute Gasteiger partial charge is 0.245 e. The molecular formula is C52H56N4+2. The van der Waals surface area contributed by atoms with Gasteiger partial charge in [0.2, 0.25) is 12.7 Å². The molecule has 8 rings (SSSR count). The lowest BCUT2D eigenvalue weighted by molar-refractivity contribution is -0.663. The summed E-state index contributed by atoms with van der Waals surface area (Å²) in [6.07, 6.45) is 4.62. The van der Waals surface area contributed by atoms with Gasteiger partial charge in [-0.25, -0.2) is 18.3 Å². The van der Waals surface area contributed by atoms with E-state index in [2.05, 4.69) is 197 Å². The molecule has 0 amide bonds. The third-order valence-electron chi connectivity index (χ3n) is 13.5. The highest BCUT2D eigenvalue weighted by atomic mass is 15.1. The number of hydrogen-bond donors (Lipinski definition) is 0. The molecule has 0 unspecified atom stereocenters. The first-order valence-corrected chi connectivity index (χ1v) is 20.2. The van der Waals surface area contributed by atoms with Gasteiger partial charge in [0.25, 0.3) is 0 Å². The fourth-order valence-corrected chi connectivity index (χ4v) is 8.96. The molecule has 8 aromatic rings. The quantitative estimate of drug-likeness (QED) is 0.131. The van der Waals surface area contributed by atoms with Crippen LogP contribution in [0.1, 0.15) is 77.9 Å². The van der Waals surface area contributed by atoms with Gasteiger partial charge in [0.05, 0.1) is 0 Å². The van der Waals surface area contributed by atoms with E-state index in [0.29, 0.717) is 0 Å². The van der Waals surface area contributed by atoms with Crippen LogP contribution in [0.2, 0.25) is 0 Å². The summed E-state index contributed by atoms with van der Waals surface area (Å²) < 4.78 is 9.66. The number of hydrogen-bond acceptors (Lipinski definition) is 0. The number of para-hydroxylation sites is 4. The molecule has 0 fully saturated rings. The van der Waals surface area contributed by atoms with Crippen molar-refractivity contribution in [1.82, 2.24) is 9.13 Å². The maximum Gasteiger partial charge on any atom is 0.245 e. The summed E-state index contributed by atoms with van der Waals surface area (Å²) in [6.45, 7) is 26.1. The zero-order valence-electron chi connectivity index (χ0n) is 35.0. The first-order chi connectivity index (χ1) is 26.9. The van der Waals surface area contributed by atoms with E-state index in [0.717, 1.165) is 26.2 Å². The maximum atomic E-state index is 2.43. The van der Waals surface area contributed by atoms with E-state index in [1.807, 2.05) is 0 Å². The SMILES string of the molecule is Cc1c(C)c(C)c(Cn2c[n+](Cc3ccc(-c4ccc(C[n+]5cn(Cc6c(C)c(C)c(C)c(C)c6C)c6ccccc65)cc4)cc3)c3ccccc32)c(C)c1C. The normalized spacial score (nSPS) is 11.7. The molecule has 0 aliphatic heterocycles. The first-order valence-electron chi connectivity index (χ1n) is 20.2. The van der Waals surface area contributed by atoms with Gasteiger partial charge in [-0.15, -0.1) is 0 Å². The molecule has 0 saturated carbocycles. The number of fused-ring (bicyclic) bond motifs is 2. The number of nitrogens with zero attached hydrogens (tertiary/aromatic N) is 4. The topological polar surface area (TPSA) is 17.6 Å². The van der Waals surface area contributed by atoms with E-state index in [1.165, 1.54) is 111 Å². The highest BCUT2D eigenvalue weighted by Crippen LogP contribution is 2.29. The van der Waals surface area contributed by atoms with Crippen LogP contribution in [0.25, 0.3) is 33.2 Å². The molecule has 4 heteroatoms. The van der Waals surface area contributed by atoms with Gasteiger partial charge in [-0.2, -0.15) is 0 Å². The van der Waals surface area contributed by atoms with Crippen LogP contribution < -0.4 is 9.13 Å². The van der Waals surface area contributed by atoms with Gasteiger partial charge in [0, 0.05) is 0 Å². The van der Waals surface area contributed by atoms with Gasteiger partial charge in [-0.1, -0.05) is 72.8 Å². The minimum absolute atomic E-state index is 0.823. The van der Waals surface area contributed by atoms with Gasteiger partial charge in [0.1, 0.15) is 26.2 Å². The predicted octanol–water partition coefficient (Wildman–Crippen LogP) is 11.1. The van der Waals surface area contributed by atoms with Crippen molar-refractivity contribution in [1.29, 1.82) is 0 Å². The molecular weight excluding hydrogens is 681 g/mol. The minimum atomic E-state index is 0.823. The van der Waals surface area contributed by atoms with Gasteiger partial charge in [-0.3, -0.25) is 0 Å². The van der Waals surface area contributed by atoms with Gasteiger partial charge < -0.3 is 0 Å². The molecule has 6 aromatic carbocycles. The standard InChI is InChI=1S/C52H56N4/c1-33-35(3)39(7)47(40(8)36(33)4)29-55-31-53(49-15-11-13-17-51(49)55)27-43-19-23-45(24-20-43)46-25-21-44(22-26-46)28-54-32-56(52-18-14-12-16-50(52)54)30-48-41(9)37(5)34(2)38(6)42(48)10/h11-26,31-32H,27-30H2,1-10H3/q+2. The Morgan fingerprint density at radius 3 is 1.00 bits per heavy atom. The zero-order valence-corrected chi connectivity index (χ0v) is 35.0. The Morgan fingerprint density at radius 2 is 0.661 bits per heavy atom. The fraction of sp³-hybridized carbons (Fsp3) is 0.269. The molecule has 56 heavy (non-hydrogen) atoms. The summed E-state index contributed by atoms with van der Waals surface area (Å²) in [7, 11) is 0. The highest BCUT2D eigenvalue weighted by Gasteiger charge is 2.22. The summed E-state index contributed by atoms with van der Waals surface area (Å²) in [5.74, 6) is 0. The van der Waals surface area contributed by atoms with Crippen LogP contribution in [-0.4, -0.2) is 9.13 Å². The summed E-state index contributed by atoms with van der Waals surface area (Å²) >= 11 is 0. The van der Waals surface area contributed by atoms with E-state index < -0.39 is 0 Å². The Bertz CT molecular complexity index is 2520. The van der Waals surface area contributed by atoms with Gasteiger partial charge >= 0.3 is 0 Å². The summed E-state index contributed by atoms with van der Waals surface area (Å²) in [5.41, 5.74) is 27.1. The Labute approximate surface area is 333 Å². The van der Waals surface area contributed by atoms with Gasteiger partial charge in [0.15, 0.2) is 22.1 Å². The first kappa shape index (κ1) is 37.2. The molecule has 0 atom stereocenters. The van der Waals surface area contributed by atoms with Crippen molar-refractivity contribution in [3.63, 3.8) is 0 Å². The Kier molecular flexibility index (Phi) is 9.78. The van der Waals surface area contributed by atoms with Crippen LogP contribution in [0.15, 0.2) is 110 Å². The van der Waals surface area contributed by atoms with Crippen LogP contribution in [-0.2, 0) is 26.2 Å². The van der Waals surface area contributed by atoms with Crippen LogP contribution in [0.4, 0.5) is 0 Å². The Balaban J connectivity index is 1.00. The monoisotopic (exact) mass is 736 g/mol. The fourth-order valence-electron chi connectivity index (χ4n) is 8.96. The van der Waals surface area contributed by atoms with Crippen molar-refractivity contribution < 1.29 is 9.13 Å². The minimum Gasteiger partial charge on any atom is -0.226 e. The number of rotatable bonds is 9. The number of aromatic nitrogens is 4. The Hall–Kier alpha value is -5.74. The van der Waals surface area contributed by atoms with Crippen LogP contribution in [0, 0.1) is 69.2 Å². The Morgan fingerprint density at radius 1 is 0.357 bits per heavy atom. The molecule has 2 aromatic heterocycles. The highest BCUT2D eigenvalue weighted by molar-refractivity contribution is 5.73. The molecule has 0 aliphatic rings. The number of imidazole rings is 2. The maximum absolute atomic E-state index is 2.43. The van der Waals surface area contributed by atoms with Crippen LogP contribution in [0.3, 0.4) is 0 Å². The average Bonchev–Trinajstić information content (AvgIpc) is 3.75. The molecule has 0 N–H and O–H groups in total. The van der Waals surface area contributed by atoms with Crippen molar-refractivity contribution in [2.45, 2.75) is 95.4 Å². The summed E-state index contributed by atoms with van der Waals surface area (Å²) in [5, 5.41) is 0. The van der Waals surface area contributed by atoms with E-state index in [9.17, 15) is 0 Å². The van der Waals surface area contributed by atoms with Crippen LogP contribution in [0.5, 0.6) is 0 Å². The molecule has 0 spiro atoms. The molecule has 0 radical (unpaired) electrons. The van der Waals surface area contributed by atoms with Crippen molar-refractivity contribution >= 4 is 22.1 Å². The van der Waals surface area contributed by atoms with Crippen molar-refractivity contribution in [2.75, 3.05) is 0 Å². The van der Waals surface area contributed by atoms with Crippen molar-refractivity contribution in [3.05, 3.63) is 188 Å². The molecule has 0 bridgehead atoms. The number of benzene rings is 6. The predicted molar refractivity (Wildman–Crippen MR) is 233 cm³/mol. The molecule has 0 saturated heterocycles. The average molecular weight is 737 g/mol. The van der Waals surface area contributed by atoms with E-state index in [1.54, 1.807) is 0 Å². The molecule has 0 aliphatic carbocycles. The van der Waals surface area contributed by atoms with Crippen molar-refractivity contribution in [2.24, 2.45) is 0 Å². The molecule has 2 heterocycles. The second-order valence-corrected chi connectivity index (χ2v) is 16.3. The zero-order chi connectivity index (χ0) is 39.4. The molecule has 282 valence electrons. The van der Waals surface area contributed by atoms with E-state index in [-0.39, 0.29) is 0 Å². The van der Waals surface area contributed by atoms with Gasteiger partial charge in [-0.05, 0) is 183 Å². The lowest BCUT2D eigenvalue weighted by Gasteiger charge is -2.17. The third kappa shape index (κ3) is 6.55. The second-order valence-electron chi connectivity index (χ2n) is 16.3. The lowest BCUT2D eigenvalue weighted by Crippen LogP contribution is -2.32. The van der Waals surface area contributed by atoms with E-state index >= 15 is 0 Å². The van der Waals surface area contributed by atoms with Crippen molar-refractivity contribution in [3.8, 4) is 11.1 Å². The summed E-state index contributed by atoms with van der Waals surface area (Å²) in [6, 6.07) is 35.8. The van der Waals surface area contributed by atoms with E-state index in [4.69, 9.17) is 0 Å².